The number of aliphatic hydroxyl groups excluding tert-OH is 1. The molecule has 1 heterocycles. The quantitative estimate of drug-likeness (QED) is 0.634. The van der Waals surface area contributed by atoms with Crippen molar-refractivity contribution in [3.63, 3.8) is 0 Å². The SMILES string of the molecule is CC(=O)c1cccc(OCC(O)Cn2cnc3c(Cl)cc(Cl)cc3c2=O)c1. The molecule has 0 aliphatic carbocycles. The summed E-state index contributed by atoms with van der Waals surface area (Å²) < 4.78 is 6.79. The number of benzene rings is 2. The molecule has 140 valence electrons. The Morgan fingerprint density at radius 1 is 1.30 bits per heavy atom. The van der Waals surface area contributed by atoms with Crippen LogP contribution in [0.4, 0.5) is 0 Å². The first-order chi connectivity index (χ1) is 12.8. The van der Waals surface area contributed by atoms with Crippen LogP contribution >= 0.6 is 23.2 Å². The molecule has 3 aromatic rings. The van der Waals surface area contributed by atoms with Gasteiger partial charge in [0.2, 0.25) is 0 Å². The van der Waals surface area contributed by atoms with Gasteiger partial charge in [-0.2, -0.15) is 0 Å². The molecule has 0 fully saturated rings. The Hall–Kier alpha value is -2.41. The number of Topliss-reactive ketones (excluding diaryl/α,β-unsaturated/α-hetero) is 1. The summed E-state index contributed by atoms with van der Waals surface area (Å²) in [5, 5.41) is 11.1. The highest BCUT2D eigenvalue weighted by atomic mass is 35.5. The lowest BCUT2D eigenvalue weighted by atomic mass is 10.1. The highest BCUT2D eigenvalue weighted by Crippen LogP contribution is 2.24. The Balaban J connectivity index is 1.73. The van der Waals surface area contributed by atoms with E-state index in [4.69, 9.17) is 27.9 Å². The number of ketones is 1. The van der Waals surface area contributed by atoms with E-state index in [1.165, 1.54) is 30.0 Å². The number of carbonyl (C=O) groups excluding carboxylic acids is 1. The predicted octanol–water partition coefficient (Wildman–Crippen LogP) is 3.35. The summed E-state index contributed by atoms with van der Waals surface area (Å²) in [5.74, 6) is 0.386. The molecule has 0 aliphatic rings. The first kappa shape index (κ1) is 19.4. The third-order valence-electron chi connectivity index (χ3n) is 3.94. The number of hydrogen-bond acceptors (Lipinski definition) is 5. The van der Waals surface area contributed by atoms with Gasteiger partial charge in [0, 0.05) is 10.6 Å². The lowest BCUT2D eigenvalue weighted by molar-refractivity contribution is 0.0913. The number of aromatic nitrogens is 2. The number of nitrogens with zero attached hydrogens (tertiary/aromatic N) is 2. The van der Waals surface area contributed by atoms with E-state index < -0.39 is 6.10 Å². The number of fused-ring (bicyclic) bond motifs is 1. The minimum atomic E-state index is -0.961. The average Bonchev–Trinajstić information content (AvgIpc) is 2.63. The summed E-state index contributed by atoms with van der Waals surface area (Å²) in [5.41, 5.74) is 0.516. The van der Waals surface area contributed by atoms with Crippen LogP contribution < -0.4 is 10.3 Å². The second-order valence-corrected chi connectivity index (χ2v) is 6.88. The molecule has 0 radical (unpaired) electrons. The molecular weight excluding hydrogens is 391 g/mol. The van der Waals surface area contributed by atoms with Gasteiger partial charge >= 0.3 is 0 Å². The minimum Gasteiger partial charge on any atom is -0.491 e. The maximum absolute atomic E-state index is 12.6. The van der Waals surface area contributed by atoms with Crippen LogP contribution in [0.1, 0.15) is 17.3 Å². The number of hydrogen-bond donors (Lipinski definition) is 1. The smallest absolute Gasteiger partial charge is 0.261 e. The van der Waals surface area contributed by atoms with Gasteiger partial charge in [-0.3, -0.25) is 14.2 Å². The van der Waals surface area contributed by atoms with Crippen LogP contribution in [0.2, 0.25) is 10.0 Å². The van der Waals surface area contributed by atoms with E-state index in [1.807, 2.05) is 0 Å². The molecule has 0 saturated heterocycles. The molecule has 0 saturated carbocycles. The molecule has 2 aromatic carbocycles. The molecule has 1 N–H and O–H groups in total. The standard InChI is InChI=1S/C19H16Cl2N2O4/c1-11(24)12-3-2-4-15(5-12)27-9-14(25)8-23-10-22-18-16(19(23)26)6-13(20)7-17(18)21/h2-7,10,14,25H,8-9H2,1H3. The van der Waals surface area contributed by atoms with Crippen LogP contribution in [-0.4, -0.2) is 33.2 Å². The van der Waals surface area contributed by atoms with Crippen molar-refractivity contribution < 1.29 is 14.6 Å². The second-order valence-electron chi connectivity index (χ2n) is 6.03. The summed E-state index contributed by atoms with van der Waals surface area (Å²) in [6, 6.07) is 9.67. The van der Waals surface area contributed by atoms with Gasteiger partial charge in [0.05, 0.1) is 28.8 Å². The van der Waals surface area contributed by atoms with Gasteiger partial charge in [0.25, 0.3) is 5.56 Å². The van der Waals surface area contributed by atoms with Crippen molar-refractivity contribution in [1.29, 1.82) is 0 Å². The summed E-state index contributed by atoms with van der Waals surface area (Å²) in [6.45, 7) is 1.39. The van der Waals surface area contributed by atoms with Gasteiger partial charge < -0.3 is 9.84 Å². The molecular formula is C19H16Cl2N2O4. The fourth-order valence-electron chi connectivity index (χ4n) is 2.60. The van der Waals surface area contributed by atoms with E-state index in [2.05, 4.69) is 4.98 Å². The summed E-state index contributed by atoms with van der Waals surface area (Å²) in [4.78, 5) is 28.1. The van der Waals surface area contributed by atoms with Crippen LogP contribution in [-0.2, 0) is 6.54 Å². The maximum atomic E-state index is 12.6. The molecule has 3 rings (SSSR count). The molecule has 1 unspecified atom stereocenters. The molecule has 0 bridgehead atoms. The van der Waals surface area contributed by atoms with E-state index in [0.717, 1.165) is 0 Å². The molecule has 1 aromatic heterocycles. The van der Waals surface area contributed by atoms with E-state index >= 15 is 0 Å². The zero-order valence-corrected chi connectivity index (χ0v) is 15.9. The Labute approximate surface area is 164 Å². The summed E-state index contributed by atoms with van der Waals surface area (Å²) in [6.07, 6.45) is 0.363. The van der Waals surface area contributed by atoms with Crippen molar-refractivity contribution in [3.8, 4) is 5.75 Å². The van der Waals surface area contributed by atoms with Gasteiger partial charge in [-0.05, 0) is 31.2 Å². The molecule has 6 nitrogen and oxygen atoms in total. The Morgan fingerprint density at radius 2 is 2.07 bits per heavy atom. The van der Waals surface area contributed by atoms with Gasteiger partial charge in [-0.15, -0.1) is 0 Å². The normalized spacial score (nSPS) is 12.1. The van der Waals surface area contributed by atoms with Gasteiger partial charge in [0.1, 0.15) is 18.5 Å². The van der Waals surface area contributed by atoms with Crippen LogP contribution in [0.25, 0.3) is 10.9 Å². The highest BCUT2D eigenvalue weighted by molar-refractivity contribution is 6.38. The number of ether oxygens (including phenoxy) is 1. The van der Waals surface area contributed by atoms with Crippen molar-refractivity contribution >= 4 is 39.9 Å². The zero-order chi connectivity index (χ0) is 19.6. The largest absolute Gasteiger partial charge is 0.491 e. The van der Waals surface area contributed by atoms with E-state index in [1.54, 1.807) is 24.3 Å². The number of rotatable bonds is 6. The zero-order valence-electron chi connectivity index (χ0n) is 14.4. The Kier molecular flexibility index (Phi) is 5.79. The third-order valence-corrected chi connectivity index (χ3v) is 4.44. The van der Waals surface area contributed by atoms with Crippen LogP contribution in [0.3, 0.4) is 0 Å². The van der Waals surface area contributed by atoms with Crippen molar-refractivity contribution in [2.45, 2.75) is 19.6 Å². The fraction of sp³-hybridized carbons (Fsp3) is 0.211. The topological polar surface area (TPSA) is 81.4 Å². The van der Waals surface area contributed by atoms with Crippen molar-refractivity contribution in [2.24, 2.45) is 0 Å². The third kappa shape index (κ3) is 4.47. The van der Waals surface area contributed by atoms with Crippen molar-refractivity contribution in [3.05, 3.63) is 68.7 Å². The summed E-state index contributed by atoms with van der Waals surface area (Å²) in [7, 11) is 0. The first-order valence-corrected chi connectivity index (χ1v) is 8.87. The number of halogens is 2. The Bertz CT molecular complexity index is 1070. The fourth-order valence-corrected chi connectivity index (χ4v) is 3.14. The van der Waals surface area contributed by atoms with Crippen LogP contribution in [0.15, 0.2) is 47.5 Å². The molecule has 0 aliphatic heterocycles. The van der Waals surface area contributed by atoms with Crippen LogP contribution in [0.5, 0.6) is 5.75 Å². The first-order valence-electron chi connectivity index (χ1n) is 8.11. The van der Waals surface area contributed by atoms with Crippen molar-refractivity contribution in [1.82, 2.24) is 9.55 Å². The molecule has 27 heavy (non-hydrogen) atoms. The summed E-state index contributed by atoms with van der Waals surface area (Å²) >= 11 is 12.0. The number of aliphatic hydroxyl groups is 1. The number of carbonyl (C=O) groups is 1. The van der Waals surface area contributed by atoms with Crippen molar-refractivity contribution in [2.75, 3.05) is 6.61 Å². The molecule has 1 atom stereocenters. The maximum Gasteiger partial charge on any atom is 0.261 e. The minimum absolute atomic E-state index is 0.0156. The second kappa shape index (κ2) is 8.08. The van der Waals surface area contributed by atoms with E-state index in [0.29, 0.717) is 21.9 Å². The van der Waals surface area contributed by atoms with Gasteiger partial charge in [-0.1, -0.05) is 35.3 Å². The van der Waals surface area contributed by atoms with E-state index in [-0.39, 0.29) is 34.9 Å². The van der Waals surface area contributed by atoms with E-state index in [9.17, 15) is 14.7 Å². The molecule has 0 spiro atoms. The van der Waals surface area contributed by atoms with Gasteiger partial charge in [-0.25, -0.2) is 4.98 Å². The lowest BCUT2D eigenvalue weighted by Gasteiger charge is -2.14. The monoisotopic (exact) mass is 406 g/mol. The average molecular weight is 407 g/mol. The van der Waals surface area contributed by atoms with Gasteiger partial charge in [0.15, 0.2) is 5.78 Å². The molecule has 0 amide bonds. The highest BCUT2D eigenvalue weighted by Gasteiger charge is 2.13. The predicted molar refractivity (Wildman–Crippen MR) is 104 cm³/mol. The lowest BCUT2D eigenvalue weighted by Crippen LogP contribution is -2.30. The van der Waals surface area contributed by atoms with Crippen LogP contribution in [0, 0.1) is 0 Å². The molecule has 8 heteroatoms. The Morgan fingerprint density at radius 3 is 2.81 bits per heavy atom.